The number of rotatable bonds is 1. The van der Waals surface area contributed by atoms with Gasteiger partial charge in [-0.2, -0.15) is 24.3 Å². The predicted molar refractivity (Wildman–Crippen MR) is 79.6 cm³/mol. The topological polar surface area (TPSA) is 4.93 Å². The van der Waals surface area contributed by atoms with Gasteiger partial charge in [0, 0.05) is 21.8 Å². The number of aromatic nitrogens is 1. The van der Waals surface area contributed by atoms with E-state index >= 15 is 0 Å². The van der Waals surface area contributed by atoms with E-state index in [1.54, 1.807) is 0 Å². The molecule has 0 radical (unpaired) electrons. The van der Waals surface area contributed by atoms with Crippen molar-refractivity contribution in [2.24, 2.45) is 0 Å². The first-order valence-electron chi connectivity index (χ1n) is 6.40. The van der Waals surface area contributed by atoms with Gasteiger partial charge in [0.15, 0.2) is 0 Å². The van der Waals surface area contributed by atoms with Gasteiger partial charge in [-0.1, -0.05) is 42.1 Å². The van der Waals surface area contributed by atoms with Gasteiger partial charge in [0.2, 0.25) is 0 Å². The molecule has 0 aliphatic carbocycles. The minimum atomic E-state index is 0. The van der Waals surface area contributed by atoms with Crippen molar-refractivity contribution in [3.63, 3.8) is 0 Å². The van der Waals surface area contributed by atoms with Crippen LogP contribution in [0.4, 0.5) is 0 Å². The minimum absolute atomic E-state index is 0. The summed E-state index contributed by atoms with van der Waals surface area (Å²) in [7, 11) is 0. The third kappa shape index (κ3) is 1.88. The molecule has 4 rings (SSSR count). The summed E-state index contributed by atoms with van der Waals surface area (Å²) in [6.07, 6.45) is 0. The average Bonchev–Trinajstić information content (AvgIpc) is 2.83. The van der Waals surface area contributed by atoms with Crippen LogP contribution >= 0.6 is 0 Å². The normalized spacial score (nSPS) is 10.6. The van der Waals surface area contributed by atoms with E-state index in [0.717, 1.165) is 5.69 Å². The van der Waals surface area contributed by atoms with Crippen LogP contribution in [0.5, 0.6) is 0 Å². The summed E-state index contributed by atoms with van der Waals surface area (Å²) in [5.74, 6) is 0. The largest absolute Gasteiger partial charge is 1.00 e. The molecule has 0 unspecified atom stereocenters. The molecule has 3 aromatic carbocycles. The molecule has 1 aromatic heterocycles. The number of fused-ring (bicyclic) bond motifs is 3. The second-order valence-corrected chi connectivity index (χ2v) is 4.63. The molecular formula is C18H12LiN. The Balaban J connectivity index is 0.00000121. The van der Waals surface area contributed by atoms with Crippen LogP contribution < -0.4 is 18.9 Å². The number of nitrogens with zero attached hydrogens (tertiary/aromatic N) is 1. The Hall–Kier alpha value is -1.94. The van der Waals surface area contributed by atoms with E-state index in [9.17, 15) is 0 Å². The summed E-state index contributed by atoms with van der Waals surface area (Å²) in [4.78, 5) is 0. The summed E-state index contributed by atoms with van der Waals surface area (Å²) >= 11 is 0. The maximum absolute atomic E-state index is 3.16. The fourth-order valence-electron chi connectivity index (χ4n) is 2.72. The summed E-state index contributed by atoms with van der Waals surface area (Å²) in [6.45, 7) is 0. The van der Waals surface area contributed by atoms with Crippen molar-refractivity contribution in [2.75, 3.05) is 0 Å². The van der Waals surface area contributed by atoms with E-state index in [0.29, 0.717) is 0 Å². The van der Waals surface area contributed by atoms with E-state index in [2.05, 4.69) is 65.2 Å². The fourth-order valence-corrected chi connectivity index (χ4v) is 2.72. The zero-order valence-electron chi connectivity index (χ0n) is 11.4. The molecule has 0 aliphatic heterocycles. The molecular weight excluding hydrogens is 237 g/mol. The van der Waals surface area contributed by atoms with Crippen molar-refractivity contribution in [3.05, 3.63) is 78.9 Å². The molecule has 2 heteroatoms. The average molecular weight is 249 g/mol. The molecule has 90 valence electrons. The van der Waals surface area contributed by atoms with Gasteiger partial charge < -0.3 is 4.57 Å². The standard InChI is InChI=1S/C18H12N.Li/c1-2-8-14(9-3-1)19-17-12-6-4-10-15(17)16-11-5-7-13-18(16)19;/h1-2,4-13H;/q-1;+1. The van der Waals surface area contributed by atoms with E-state index in [-0.39, 0.29) is 18.9 Å². The Morgan fingerprint density at radius 1 is 0.700 bits per heavy atom. The molecule has 0 fully saturated rings. The maximum Gasteiger partial charge on any atom is 1.00 e. The smallest absolute Gasteiger partial charge is 0.364 e. The van der Waals surface area contributed by atoms with Gasteiger partial charge in [-0.05, 0) is 12.1 Å². The molecule has 0 bridgehead atoms. The van der Waals surface area contributed by atoms with Crippen LogP contribution in [-0.2, 0) is 0 Å². The zero-order chi connectivity index (χ0) is 12.7. The fraction of sp³-hybridized carbons (Fsp3) is 0. The van der Waals surface area contributed by atoms with E-state index < -0.39 is 0 Å². The van der Waals surface area contributed by atoms with Crippen molar-refractivity contribution in [1.29, 1.82) is 0 Å². The molecule has 0 aliphatic rings. The van der Waals surface area contributed by atoms with Gasteiger partial charge in [-0.3, -0.25) is 0 Å². The Bertz CT molecular complexity index is 809. The first kappa shape index (κ1) is 13.1. The van der Waals surface area contributed by atoms with Crippen LogP contribution in [0.15, 0.2) is 72.8 Å². The molecule has 0 N–H and O–H groups in total. The molecule has 0 spiro atoms. The van der Waals surface area contributed by atoms with Crippen LogP contribution in [-0.4, -0.2) is 4.57 Å². The second kappa shape index (κ2) is 5.21. The first-order chi connectivity index (χ1) is 9.45. The van der Waals surface area contributed by atoms with Gasteiger partial charge in [0.25, 0.3) is 0 Å². The van der Waals surface area contributed by atoms with Crippen LogP contribution in [0.3, 0.4) is 0 Å². The van der Waals surface area contributed by atoms with Crippen molar-refractivity contribution in [2.45, 2.75) is 0 Å². The number of benzene rings is 3. The molecule has 20 heavy (non-hydrogen) atoms. The molecule has 1 heterocycles. The molecule has 0 saturated heterocycles. The van der Waals surface area contributed by atoms with E-state index in [4.69, 9.17) is 0 Å². The summed E-state index contributed by atoms with van der Waals surface area (Å²) in [5, 5.41) is 2.59. The molecule has 1 nitrogen and oxygen atoms in total. The minimum Gasteiger partial charge on any atom is -0.364 e. The first-order valence-corrected chi connectivity index (χ1v) is 6.40. The Morgan fingerprint density at radius 2 is 1.30 bits per heavy atom. The predicted octanol–water partition coefficient (Wildman–Crippen LogP) is 1.59. The van der Waals surface area contributed by atoms with Gasteiger partial charge >= 0.3 is 18.9 Å². The van der Waals surface area contributed by atoms with Crippen LogP contribution in [0.1, 0.15) is 0 Å². The molecule has 4 aromatic rings. The Labute approximate surface area is 130 Å². The van der Waals surface area contributed by atoms with Gasteiger partial charge in [0.05, 0.1) is 0 Å². The SMILES string of the molecule is [Li+].[c-]1cccc(-n2c3ccccc3c3ccccc32)c1. The zero-order valence-corrected chi connectivity index (χ0v) is 11.4. The van der Waals surface area contributed by atoms with Gasteiger partial charge in [-0.15, -0.1) is 6.07 Å². The maximum atomic E-state index is 3.16. The van der Waals surface area contributed by atoms with Gasteiger partial charge in [-0.25, -0.2) is 0 Å². The van der Waals surface area contributed by atoms with Crippen LogP contribution in [0.25, 0.3) is 27.5 Å². The Kier molecular flexibility index (Phi) is 3.40. The molecule has 0 amide bonds. The third-order valence-electron chi connectivity index (χ3n) is 3.53. The van der Waals surface area contributed by atoms with Crippen molar-refractivity contribution in [1.82, 2.24) is 4.57 Å². The molecule has 0 atom stereocenters. The monoisotopic (exact) mass is 249 g/mol. The number of hydrogen-bond acceptors (Lipinski definition) is 0. The number of hydrogen-bond donors (Lipinski definition) is 0. The summed E-state index contributed by atoms with van der Waals surface area (Å²) < 4.78 is 2.29. The quantitative estimate of drug-likeness (QED) is 0.356. The van der Waals surface area contributed by atoms with Crippen molar-refractivity contribution < 1.29 is 18.9 Å². The second-order valence-electron chi connectivity index (χ2n) is 4.63. The van der Waals surface area contributed by atoms with Crippen LogP contribution in [0.2, 0.25) is 0 Å². The number of para-hydroxylation sites is 2. The molecule has 0 saturated carbocycles. The van der Waals surface area contributed by atoms with E-state index in [1.807, 2.05) is 18.2 Å². The third-order valence-corrected chi connectivity index (χ3v) is 3.53. The summed E-state index contributed by atoms with van der Waals surface area (Å²) in [5.41, 5.74) is 3.63. The van der Waals surface area contributed by atoms with Gasteiger partial charge in [0.1, 0.15) is 0 Å². The Morgan fingerprint density at radius 3 is 1.85 bits per heavy atom. The van der Waals surface area contributed by atoms with E-state index in [1.165, 1.54) is 21.8 Å². The van der Waals surface area contributed by atoms with Crippen molar-refractivity contribution in [3.8, 4) is 5.69 Å². The van der Waals surface area contributed by atoms with Crippen LogP contribution in [0, 0.1) is 6.07 Å². The summed E-state index contributed by atoms with van der Waals surface area (Å²) in [6, 6.07) is 28.3. The van der Waals surface area contributed by atoms with Crippen molar-refractivity contribution >= 4 is 21.8 Å².